The minimum Gasteiger partial charge on any atom is -0.480 e. The molecule has 5 heteroatoms. The van der Waals surface area contributed by atoms with Gasteiger partial charge in [0.1, 0.15) is 0 Å². The van der Waals surface area contributed by atoms with Crippen LogP contribution in [0.4, 0.5) is 0 Å². The zero-order valence-electron chi connectivity index (χ0n) is 18.2. The molecule has 162 valence electrons. The highest BCUT2D eigenvalue weighted by molar-refractivity contribution is 6.25. The Kier molecular flexibility index (Phi) is 5.80. The van der Waals surface area contributed by atoms with Crippen molar-refractivity contribution in [3.8, 4) is 0 Å². The summed E-state index contributed by atoms with van der Waals surface area (Å²) in [5.41, 5.74) is 1.81. The van der Waals surface area contributed by atoms with Crippen LogP contribution in [-0.4, -0.2) is 35.7 Å². The van der Waals surface area contributed by atoms with Gasteiger partial charge in [0.2, 0.25) is 0 Å². The lowest BCUT2D eigenvalue weighted by Crippen LogP contribution is -2.47. The van der Waals surface area contributed by atoms with E-state index in [1.165, 1.54) is 6.92 Å². The molecular weight excluding hydrogens is 390 g/mol. The second kappa shape index (κ2) is 8.39. The fraction of sp³-hybridized carbons (Fsp3) is 0.423. The van der Waals surface area contributed by atoms with E-state index < -0.39 is 17.2 Å². The Morgan fingerprint density at radius 1 is 1.10 bits per heavy atom. The van der Waals surface area contributed by atoms with Crippen LogP contribution in [0.5, 0.6) is 0 Å². The van der Waals surface area contributed by atoms with Gasteiger partial charge in [0.15, 0.2) is 17.0 Å². The van der Waals surface area contributed by atoms with E-state index in [4.69, 9.17) is 0 Å². The summed E-state index contributed by atoms with van der Waals surface area (Å²) >= 11 is 0. The first-order valence-electron chi connectivity index (χ1n) is 11.1. The number of carboxylic acids is 1. The standard InChI is InChI=1S/C26H29NO4/c1-16-8-10-20(11-9-16)26(25(30)31)14-21(18-6-4-3-5-7-18)22(17(2)28)23(24(26)29)19-12-13-27-15-19/h8-12,14,18,27H,3-7,13,15H2,1-2H3,(H,30,31). The summed E-state index contributed by atoms with van der Waals surface area (Å²) in [5.74, 6) is -1.78. The molecule has 1 aromatic rings. The zero-order chi connectivity index (χ0) is 22.2. The van der Waals surface area contributed by atoms with E-state index in [0.717, 1.165) is 48.8 Å². The molecule has 0 spiro atoms. The molecule has 1 fully saturated rings. The topological polar surface area (TPSA) is 83.5 Å². The Labute approximate surface area is 182 Å². The molecule has 0 aromatic heterocycles. The second-order valence-corrected chi connectivity index (χ2v) is 8.91. The monoisotopic (exact) mass is 419 g/mol. The normalized spacial score (nSPS) is 24.8. The van der Waals surface area contributed by atoms with Gasteiger partial charge >= 0.3 is 5.97 Å². The predicted octanol–water partition coefficient (Wildman–Crippen LogP) is 3.82. The molecule has 0 bridgehead atoms. The number of carboxylic acid groups (broad SMARTS) is 1. The number of benzene rings is 1. The van der Waals surface area contributed by atoms with Crippen molar-refractivity contribution in [2.24, 2.45) is 5.92 Å². The Bertz CT molecular complexity index is 1020. The number of carbonyl (C=O) groups excluding carboxylic acids is 2. The largest absolute Gasteiger partial charge is 0.480 e. The second-order valence-electron chi connectivity index (χ2n) is 8.91. The van der Waals surface area contributed by atoms with Gasteiger partial charge in [0, 0.05) is 24.2 Å². The Morgan fingerprint density at radius 2 is 1.77 bits per heavy atom. The summed E-state index contributed by atoms with van der Waals surface area (Å²) in [5, 5.41) is 13.7. The van der Waals surface area contributed by atoms with Crippen molar-refractivity contribution in [1.82, 2.24) is 5.32 Å². The molecule has 1 aliphatic heterocycles. The van der Waals surface area contributed by atoms with Crippen LogP contribution in [0.2, 0.25) is 0 Å². The van der Waals surface area contributed by atoms with Crippen LogP contribution in [0.3, 0.4) is 0 Å². The van der Waals surface area contributed by atoms with Crippen molar-refractivity contribution in [1.29, 1.82) is 0 Å². The van der Waals surface area contributed by atoms with Crippen molar-refractivity contribution in [2.75, 3.05) is 13.1 Å². The number of carbonyl (C=O) groups is 3. The average Bonchev–Trinajstić information content (AvgIpc) is 3.29. The summed E-state index contributed by atoms with van der Waals surface area (Å²) in [6.07, 6.45) is 8.57. The molecule has 1 heterocycles. The predicted molar refractivity (Wildman–Crippen MR) is 119 cm³/mol. The highest BCUT2D eigenvalue weighted by Gasteiger charge is 2.52. The van der Waals surface area contributed by atoms with E-state index in [-0.39, 0.29) is 11.7 Å². The smallest absolute Gasteiger partial charge is 0.326 e. The molecule has 0 amide bonds. The van der Waals surface area contributed by atoms with E-state index in [2.05, 4.69) is 5.32 Å². The van der Waals surface area contributed by atoms with Crippen molar-refractivity contribution in [3.63, 3.8) is 0 Å². The van der Waals surface area contributed by atoms with E-state index in [1.54, 1.807) is 18.2 Å². The van der Waals surface area contributed by atoms with Gasteiger partial charge < -0.3 is 10.4 Å². The first-order chi connectivity index (χ1) is 14.9. The van der Waals surface area contributed by atoms with E-state index in [9.17, 15) is 19.5 Å². The summed E-state index contributed by atoms with van der Waals surface area (Å²) in [4.78, 5) is 39.7. The molecule has 3 aliphatic rings. The summed E-state index contributed by atoms with van der Waals surface area (Å²) in [6, 6.07) is 7.13. The van der Waals surface area contributed by atoms with Gasteiger partial charge in [-0.3, -0.25) is 14.4 Å². The van der Waals surface area contributed by atoms with Crippen LogP contribution in [0.15, 0.2) is 58.7 Å². The van der Waals surface area contributed by atoms with Gasteiger partial charge in [-0.15, -0.1) is 0 Å². The first-order valence-corrected chi connectivity index (χ1v) is 11.1. The molecule has 1 atom stereocenters. The molecule has 2 N–H and O–H groups in total. The Hall–Kier alpha value is -2.79. The maximum absolute atomic E-state index is 14.0. The molecule has 0 saturated heterocycles. The fourth-order valence-corrected chi connectivity index (χ4v) is 5.23. The van der Waals surface area contributed by atoms with Crippen molar-refractivity contribution < 1.29 is 19.5 Å². The Morgan fingerprint density at radius 3 is 2.32 bits per heavy atom. The van der Waals surface area contributed by atoms with Crippen LogP contribution < -0.4 is 5.32 Å². The van der Waals surface area contributed by atoms with E-state index in [0.29, 0.717) is 29.8 Å². The van der Waals surface area contributed by atoms with Crippen molar-refractivity contribution in [2.45, 2.75) is 51.4 Å². The van der Waals surface area contributed by atoms with Crippen LogP contribution in [0.25, 0.3) is 0 Å². The first kappa shape index (κ1) is 21.4. The maximum atomic E-state index is 14.0. The summed E-state index contributed by atoms with van der Waals surface area (Å²) < 4.78 is 0. The number of hydrogen-bond acceptors (Lipinski definition) is 4. The molecule has 4 rings (SSSR count). The number of ketones is 2. The molecule has 31 heavy (non-hydrogen) atoms. The SMILES string of the molecule is CC(=O)C1=C(C2=CCNC2)C(=O)C(C(=O)O)(c2ccc(C)cc2)C=C1C1CCCCC1. The lowest BCUT2D eigenvalue weighted by Gasteiger charge is -2.37. The molecule has 0 radical (unpaired) electrons. The third-order valence-corrected chi connectivity index (χ3v) is 6.87. The zero-order valence-corrected chi connectivity index (χ0v) is 18.2. The lowest BCUT2D eigenvalue weighted by atomic mass is 9.63. The third kappa shape index (κ3) is 3.61. The highest BCUT2D eigenvalue weighted by Crippen LogP contribution is 2.46. The molecular formula is C26H29NO4. The number of rotatable bonds is 5. The highest BCUT2D eigenvalue weighted by atomic mass is 16.4. The van der Waals surface area contributed by atoms with Crippen molar-refractivity contribution >= 4 is 17.5 Å². The van der Waals surface area contributed by atoms with Crippen molar-refractivity contribution in [3.05, 3.63) is 69.8 Å². The number of Topliss-reactive ketones (excluding diaryl/α,β-unsaturated/α-hetero) is 2. The average molecular weight is 420 g/mol. The number of aryl methyl sites for hydroxylation is 1. The van der Waals surface area contributed by atoms with Gasteiger partial charge in [0.05, 0.1) is 0 Å². The van der Waals surface area contributed by atoms with Gasteiger partial charge in [-0.25, -0.2) is 0 Å². The van der Waals surface area contributed by atoms with Gasteiger partial charge in [-0.05, 0) is 49.3 Å². The molecule has 2 aliphatic carbocycles. The molecule has 5 nitrogen and oxygen atoms in total. The number of nitrogens with one attached hydrogen (secondary N) is 1. The van der Waals surface area contributed by atoms with E-state index >= 15 is 0 Å². The molecule has 1 aromatic carbocycles. The summed E-state index contributed by atoms with van der Waals surface area (Å²) in [7, 11) is 0. The van der Waals surface area contributed by atoms with E-state index in [1.807, 2.05) is 25.1 Å². The minimum atomic E-state index is -1.82. The van der Waals surface area contributed by atoms with Gasteiger partial charge in [-0.2, -0.15) is 0 Å². The molecule has 1 unspecified atom stereocenters. The van der Waals surface area contributed by atoms with Crippen LogP contribution in [0.1, 0.15) is 50.2 Å². The van der Waals surface area contributed by atoms with Crippen LogP contribution >= 0.6 is 0 Å². The molecule has 1 saturated carbocycles. The summed E-state index contributed by atoms with van der Waals surface area (Å²) in [6.45, 7) is 4.48. The third-order valence-electron chi connectivity index (χ3n) is 6.87. The maximum Gasteiger partial charge on any atom is 0.326 e. The quantitative estimate of drug-likeness (QED) is 0.709. The minimum absolute atomic E-state index is 0.0925. The Balaban J connectivity index is 2.01. The van der Waals surface area contributed by atoms with Gasteiger partial charge in [-0.1, -0.05) is 61.2 Å². The van der Waals surface area contributed by atoms with Crippen LogP contribution in [0, 0.1) is 12.8 Å². The van der Waals surface area contributed by atoms with Gasteiger partial charge in [0.25, 0.3) is 0 Å². The van der Waals surface area contributed by atoms with Crippen LogP contribution in [-0.2, 0) is 19.8 Å². The number of allylic oxidation sites excluding steroid dienone is 2. The number of hydrogen-bond donors (Lipinski definition) is 2. The fourth-order valence-electron chi connectivity index (χ4n) is 5.23. The number of aliphatic carboxylic acids is 1. The lowest BCUT2D eigenvalue weighted by molar-refractivity contribution is -0.145.